The Labute approximate surface area is 211 Å². The maximum Gasteiger partial charge on any atom is 0.101 e. The molecule has 1 spiro atoms. The SMILES string of the molecule is CC1CN(c2ccc(C#N)c3ncccc23)CC(CN2CC3(C2)CN(c2ccnc(C(C)O)c2)C3)O1. The summed E-state index contributed by atoms with van der Waals surface area (Å²) >= 11 is 0. The highest BCUT2D eigenvalue weighted by atomic mass is 16.5. The van der Waals surface area contributed by atoms with Gasteiger partial charge in [-0.05, 0) is 50.2 Å². The van der Waals surface area contributed by atoms with E-state index in [0.29, 0.717) is 11.0 Å². The number of likely N-dealkylation sites (tertiary alicyclic amines) is 1. The Hall–Kier alpha value is -3.25. The van der Waals surface area contributed by atoms with Gasteiger partial charge in [-0.3, -0.25) is 14.9 Å². The third-order valence-electron chi connectivity index (χ3n) is 7.72. The molecule has 3 unspecified atom stereocenters. The van der Waals surface area contributed by atoms with Gasteiger partial charge in [-0.25, -0.2) is 0 Å². The summed E-state index contributed by atoms with van der Waals surface area (Å²) in [5.74, 6) is 0. The second-order valence-corrected chi connectivity index (χ2v) is 10.8. The summed E-state index contributed by atoms with van der Waals surface area (Å²) in [6.07, 6.45) is 3.26. The summed E-state index contributed by atoms with van der Waals surface area (Å²) in [4.78, 5) is 16.0. The van der Waals surface area contributed by atoms with E-state index in [0.717, 1.165) is 73.8 Å². The van der Waals surface area contributed by atoms with E-state index in [-0.39, 0.29) is 12.2 Å². The van der Waals surface area contributed by atoms with Crippen LogP contribution in [0.15, 0.2) is 48.8 Å². The van der Waals surface area contributed by atoms with Gasteiger partial charge in [-0.1, -0.05) is 0 Å². The second-order valence-electron chi connectivity index (χ2n) is 10.8. The van der Waals surface area contributed by atoms with Gasteiger partial charge in [0, 0.05) is 80.4 Å². The first kappa shape index (κ1) is 23.2. The van der Waals surface area contributed by atoms with Crippen molar-refractivity contribution in [2.24, 2.45) is 5.41 Å². The molecule has 1 N–H and O–H groups in total. The first-order chi connectivity index (χ1) is 17.4. The summed E-state index contributed by atoms with van der Waals surface area (Å²) in [6.45, 7) is 10.8. The lowest BCUT2D eigenvalue weighted by molar-refractivity contribution is -0.0809. The molecule has 0 amide bonds. The normalized spacial score (nSPS) is 24.3. The summed E-state index contributed by atoms with van der Waals surface area (Å²) in [6, 6.07) is 14.2. The molecule has 3 saturated heterocycles. The number of benzene rings is 1. The van der Waals surface area contributed by atoms with Crippen LogP contribution < -0.4 is 9.80 Å². The van der Waals surface area contributed by atoms with Crippen molar-refractivity contribution in [3.8, 4) is 6.07 Å². The van der Waals surface area contributed by atoms with Crippen molar-refractivity contribution < 1.29 is 9.84 Å². The van der Waals surface area contributed by atoms with E-state index in [4.69, 9.17) is 4.74 Å². The van der Waals surface area contributed by atoms with Crippen LogP contribution >= 0.6 is 0 Å². The molecule has 1 aromatic carbocycles. The van der Waals surface area contributed by atoms with Crippen molar-refractivity contribution in [2.45, 2.75) is 32.2 Å². The fraction of sp³-hybridized carbons (Fsp3) is 0.464. The predicted octanol–water partition coefficient (Wildman–Crippen LogP) is 2.97. The largest absolute Gasteiger partial charge is 0.387 e. The number of aromatic nitrogens is 2. The number of aliphatic hydroxyl groups excluding tert-OH is 1. The smallest absolute Gasteiger partial charge is 0.101 e. The molecule has 0 radical (unpaired) electrons. The third kappa shape index (κ3) is 4.17. The van der Waals surface area contributed by atoms with Crippen LogP contribution in [0.4, 0.5) is 11.4 Å². The number of morpholine rings is 1. The van der Waals surface area contributed by atoms with Gasteiger partial charge >= 0.3 is 0 Å². The van der Waals surface area contributed by atoms with Gasteiger partial charge in [-0.15, -0.1) is 0 Å². The second kappa shape index (κ2) is 9.00. The minimum atomic E-state index is -0.546. The Bertz CT molecular complexity index is 1310. The molecule has 2 aromatic heterocycles. The Morgan fingerprint density at radius 2 is 1.94 bits per heavy atom. The Morgan fingerprint density at radius 3 is 2.72 bits per heavy atom. The van der Waals surface area contributed by atoms with E-state index in [1.807, 2.05) is 24.3 Å². The summed E-state index contributed by atoms with van der Waals surface area (Å²) in [5, 5.41) is 20.4. The van der Waals surface area contributed by atoms with Crippen molar-refractivity contribution >= 4 is 22.3 Å². The quantitative estimate of drug-likeness (QED) is 0.591. The molecule has 0 saturated carbocycles. The van der Waals surface area contributed by atoms with Crippen molar-refractivity contribution in [1.82, 2.24) is 14.9 Å². The molecule has 3 atom stereocenters. The highest BCUT2D eigenvalue weighted by Crippen LogP contribution is 2.42. The third-order valence-corrected chi connectivity index (χ3v) is 7.72. The molecule has 36 heavy (non-hydrogen) atoms. The fourth-order valence-electron chi connectivity index (χ4n) is 6.19. The van der Waals surface area contributed by atoms with E-state index in [1.54, 1.807) is 19.3 Å². The van der Waals surface area contributed by atoms with Gasteiger partial charge in [0.25, 0.3) is 0 Å². The van der Waals surface area contributed by atoms with E-state index in [2.05, 4.69) is 49.8 Å². The Morgan fingerprint density at radius 1 is 1.11 bits per heavy atom. The molecular formula is C28H32N6O2. The van der Waals surface area contributed by atoms with Crippen LogP contribution in [-0.2, 0) is 4.74 Å². The van der Waals surface area contributed by atoms with Crippen LogP contribution in [0.25, 0.3) is 10.9 Å². The molecule has 3 fully saturated rings. The number of aliphatic hydroxyl groups is 1. The monoisotopic (exact) mass is 484 g/mol. The zero-order chi connectivity index (χ0) is 24.9. The molecule has 3 aliphatic heterocycles. The number of nitriles is 1. The van der Waals surface area contributed by atoms with E-state index in [9.17, 15) is 10.4 Å². The maximum absolute atomic E-state index is 9.84. The molecule has 8 heteroatoms. The molecular weight excluding hydrogens is 452 g/mol. The van der Waals surface area contributed by atoms with Gasteiger partial charge in [0.1, 0.15) is 6.07 Å². The number of pyridine rings is 2. The number of ether oxygens (including phenoxy) is 1. The summed E-state index contributed by atoms with van der Waals surface area (Å²) in [7, 11) is 0. The highest BCUT2D eigenvalue weighted by Gasteiger charge is 2.52. The fourth-order valence-corrected chi connectivity index (χ4v) is 6.19. The summed E-state index contributed by atoms with van der Waals surface area (Å²) in [5.41, 5.74) is 4.74. The van der Waals surface area contributed by atoms with Gasteiger partial charge in [0.15, 0.2) is 0 Å². The average Bonchev–Trinajstić information content (AvgIpc) is 2.83. The lowest BCUT2D eigenvalue weighted by atomic mass is 9.72. The van der Waals surface area contributed by atoms with Crippen LogP contribution in [0, 0.1) is 16.7 Å². The van der Waals surface area contributed by atoms with E-state index >= 15 is 0 Å². The first-order valence-corrected chi connectivity index (χ1v) is 12.7. The number of nitrogens with zero attached hydrogens (tertiary/aromatic N) is 6. The number of fused-ring (bicyclic) bond motifs is 1. The first-order valence-electron chi connectivity index (χ1n) is 12.7. The summed E-state index contributed by atoms with van der Waals surface area (Å²) < 4.78 is 6.35. The Balaban J connectivity index is 1.08. The van der Waals surface area contributed by atoms with E-state index in [1.165, 1.54) is 0 Å². The molecule has 5 heterocycles. The predicted molar refractivity (Wildman–Crippen MR) is 139 cm³/mol. The van der Waals surface area contributed by atoms with Crippen molar-refractivity contribution in [1.29, 1.82) is 5.26 Å². The zero-order valence-electron chi connectivity index (χ0n) is 20.8. The lowest BCUT2D eigenvalue weighted by Gasteiger charge is -2.61. The molecule has 3 aromatic rings. The molecule has 8 nitrogen and oxygen atoms in total. The van der Waals surface area contributed by atoms with Crippen molar-refractivity contribution in [3.63, 3.8) is 0 Å². The Kier molecular flexibility index (Phi) is 5.79. The van der Waals surface area contributed by atoms with Crippen molar-refractivity contribution in [2.75, 3.05) is 55.6 Å². The minimum Gasteiger partial charge on any atom is -0.387 e. The molecule has 3 aliphatic rings. The highest BCUT2D eigenvalue weighted by molar-refractivity contribution is 5.95. The molecule has 6 rings (SSSR count). The number of hydrogen-bond acceptors (Lipinski definition) is 8. The molecule has 0 aliphatic carbocycles. The minimum absolute atomic E-state index is 0.135. The molecule has 0 bridgehead atoms. The zero-order valence-corrected chi connectivity index (χ0v) is 20.8. The van der Waals surface area contributed by atoms with Crippen LogP contribution in [-0.4, -0.2) is 78.0 Å². The topological polar surface area (TPSA) is 88.8 Å². The van der Waals surface area contributed by atoms with Crippen LogP contribution in [0.3, 0.4) is 0 Å². The van der Waals surface area contributed by atoms with Crippen LogP contribution in [0.1, 0.15) is 31.2 Å². The van der Waals surface area contributed by atoms with Crippen LogP contribution in [0.2, 0.25) is 0 Å². The van der Waals surface area contributed by atoms with Gasteiger partial charge in [0.05, 0.1) is 35.1 Å². The molecule has 186 valence electrons. The number of anilines is 2. The number of hydrogen-bond donors (Lipinski definition) is 1. The standard InChI is InChI=1S/C28H32N6O2/c1-19-12-33(26-6-5-21(11-29)27-24(26)4-3-8-31-27)14-23(36-19)13-32-15-28(16-32)17-34(18-28)22-7-9-30-25(10-22)20(2)35/h3-10,19-20,23,35H,12-18H2,1-2H3. The average molecular weight is 485 g/mol. The van der Waals surface area contributed by atoms with Gasteiger partial charge in [-0.2, -0.15) is 5.26 Å². The van der Waals surface area contributed by atoms with Gasteiger partial charge < -0.3 is 19.6 Å². The maximum atomic E-state index is 9.84. The van der Waals surface area contributed by atoms with Gasteiger partial charge in [0.2, 0.25) is 0 Å². The van der Waals surface area contributed by atoms with Crippen molar-refractivity contribution in [3.05, 3.63) is 60.0 Å². The van der Waals surface area contributed by atoms with Crippen LogP contribution in [0.5, 0.6) is 0 Å². The lowest BCUT2D eigenvalue weighted by Crippen LogP contribution is -2.73. The number of rotatable bonds is 5. The van der Waals surface area contributed by atoms with E-state index < -0.39 is 6.10 Å².